The molecule has 0 spiro atoms. The third-order valence-electron chi connectivity index (χ3n) is 2.72. The van der Waals surface area contributed by atoms with Crippen LogP contribution in [0.25, 0.3) is 0 Å². The molecule has 1 aromatic carbocycles. The minimum absolute atomic E-state index is 0.0451. The lowest BCUT2D eigenvalue weighted by Gasteiger charge is -2.18. The van der Waals surface area contributed by atoms with E-state index in [4.69, 9.17) is 14.7 Å². The molecule has 1 aliphatic rings. The maximum absolute atomic E-state index is 11.5. The van der Waals surface area contributed by atoms with Crippen LogP contribution >= 0.6 is 0 Å². The number of carbonyl (C=O) groups excluding carboxylic acids is 1. The Bertz CT molecular complexity index is 709. The largest absolute Gasteiger partial charge is 0.486 e. The summed E-state index contributed by atoms with van der Waals surface area (Å²) >= 11 is 0. The second kappa shape index (κ2) is 7.08. The first kappa shape index (κ1) is 16.0. The molecule has 2 rings (SSSR count). The van der Waals surface area contributed by atoms with Crippen molar-refractivity contribution in [3.63, 3.8) is 0 Å². The Labute approximate surface area is 130 Å². The van der Waals surface area contributed by atoms with E-state index in [2.05, 4.69) is 15.3 Å². The number of nitrogens with one attached hydrogen (secondary N) is 1. The van der Waals surface area contributed by atoms with Gasteiger partial charge in [0.05, 0.1) is 17.6 Å². The Balaban J connectivity index is 2.33. The Kier molecular flexibility index (Phi) is 4.93. The van der Waals surface area contributed by atoms with Gasteiger partial charge in [-0.2, -0.15) is 10.4 Å². The molecule has 23 heavy (non-hydrogen) atoms. The highest BCUT2D eigenvalue weighted by Gasteiger charge is 2.22. The van der Waals surface area contributed by atoms with Crippen molar-refractivity contribution in [2.24, 2.45) is 5.10 Å². The number of carbonyl (C=O) groups is 1. The third kappa shape index (κ3) is 3.65. The number of hydrogen-bond acceptors (Lipinski definition) is 9. The van der Waals surface area contributed by atoms with Crippen LogP contribution in [0.5, 0.6) is 11.5 Å². The summed E-state index contributed by atoms with van der Waals surface area (Å²) in [6, 6.07) is 4.05. The summed E-state index contributed by atoms with van der Waals surface area (Å²) in [5.74, 6) is -0.389. The number of nitro benzene ring substituents is 1. The molecule has 0 fully saturated rings. The monoisotopic (exact) mass is 320 g/mol. The summed E-state index contributed by atoms with van der Waals surface area (Å²) in [5.41, 5.74) is 1.38. The van der Waals surface area contributed by atoms with Crippen LogP contribution in [-0.4, -0.2) is 36.4 Å². The summed E-state index contributed by atoms with van der Waals surface area (Å²) in [6.07, 6.45) is 0. The summed E-state index contributed by atoms with van der Waals surface area (Å²) < 4.78 is 15.2. The maximum Gasteiger partial charge on any atom is 0.369 e. The van der Waals surface area contributed by atoms with Crippen molar-refractivity contribution in [1.82, 2.24) is 0 Å². The van der Waals surface area contributed by atoms with Gasteiger partial charge in [0.25, 0.3) is 5.69 Å². The van der Waals surface area contributed by atoms with Gasteiger partial charge in [-0.3, -0.25) is 15.5 Å². The fraction of sp³-hybridized carbons (Fsp3) is 0.308. The molecular formula is C13H12N4O6. The van der Waals surface area contributed by atoms with Gasteiger partial charge in [0.2, 0.25) is 5.71 Å². The molecule has 1 aliphatic heterocycles. The standard InChI is InChI=1S/C13H12N4O6/c1-2-21-13(18)9(7-14)16-15-8-5-11-12(23-4-3-22-11)6-10(8)17(19)20/h5-6,15H,2-4H2,1H3/b16-9-. The molecule has 0 aromatic heterocycles. The summed E-state index contributed by atoms with van der Waals surface area (Å²) in [7, 11) is 0. The lowest BCUT2D eigenvalue weighted by Crippen LogP contribution is -2.18. The zero-order valence-electron chi connectivity index (χ0n) is 12.1. The molecular weight excluding hydrogens is 308 g/mol. The molecule has 0 saturated heterocycles. The van der Waals surface area contributed by atoms with Crippen molar-refractivity contribution in [2.45, 2.75) is 6.92 Å². The first-order valence-corrected chi connectivity index (χ1v) is 6.55. The Hall–Kier alpha value is -3.35. The van der Waals surface area contributed by atoms with Crippen molar-refractivity contribution in [3.05, 3.63) is 22.2 Å². The Morgan fingerprint density at radius 3 is 2.70 bits per heavy atom. The fourth-order valence-corrected chi connectivity index (χ4v) is 1.75. The van der Waals surface area contributed by atoms with E-state index in [1.807, 2.05) is 0 Å². The smallest absolute Gasteiger partial charge is 0.369 e. The highest BCUT2D eigenvalue weighted by Crippen LogP contribution is 2.39. The van der Waals surface area contributed by atoms with Gasteiger partial charge in [0.15, 0.2) is 11.5 Å². The second-order valence-electron chi connectivity index (χ2n) is 4.17. The molecule has 1 N–H and O–H groups in total. The number of esters is 1. The molecule has 10 nitrogen and oxygen atoms in total. The van der Waals surface area contributed by atoms with Gasteiger partial charge in [-0.05, 0) is 6.92 Å². The number of hydrazone groups is 1. The minimum Gasteiger partial charge on any atom is -0.486 e. The number of nitriles is 1. The van der Waals surface area contributed by atoms with E-state index < -0.39 is 16.6 Å². The third-order valence-corrected chi connectivity index (χ3v) is 2.72. The van der Waals surface area contributed by atoms with Crippen molar-refractivity contribution in [1.29, 1.82) is 5.26 Å². The van der Waals surface area contributed by atoms with Gasteiger partial charge in [-0.15, -0.1) is 0 Å². The first-order valence-electron chi connectivity index (χ1n) is 6.55. The van der Waals surface area contributed by atoms with E-state index >= 15 is 0 Å². The van der Waals surface area contributed by atoms with Crippen molar-refractivity contribution in [2.75, 3.05) is 25.2 Å². The van der Waals surface area contributed by atoms with Gasteiger partial charge in [0, 0.05) is 6.07 Å². The zero-order chi connectivity index (χ0) is 16.8. The average Bonchev–Trinajstić information content (AvgIpc) is 2.54. The van der Waals surface area contributed by atoms with Gasteiger partial charge < -0.3 is 14.2 Å². The highest BCUT2D eigenvalue weighted by molar-refractivity contribution is 6.43. The zero-order valence-corrected chi connectivity index (χ0v) is 12.1. The van der Waals surface area contributed by atoms with Gasteiger partial charge in [0.1, 0.15) is 25.0 Å². The van der Waals surface area contributed by atoms with Crippen LogP contribution in [0.1, 0.15) is 6.92 Å². The SMILES string of the molecule is CCOC(=O)/C(C#N)=N\Nc1cc2c(cc1[N+](=O)[O-])OCCO2. The van der Waals surface area contributed by atoms with Gasteiger partial charge >= 0.3 is 5.97 Å². The molecule has 120 valence electrons. The molecule has 0 amide bonds. The number of benzene rings is 1. The lowest BCUT2D eigenvalue weighted by molar-refractivity contribution is -0.384. The van der Waals surface area contributed by atoms with Crippen molar-refractivity contribution >= 4 is 23.1 Å². The molecule has 10 heteroatoms. The summed E-state index contributed by atoms with van der Waals surface area (Å²) in [5, 5.41) is 23.5. The number of ether oxygens (including phenoxy) is 3. The minimum atomic E-state index is -0.928. The van der Waals surface area contributed by atoms with E-state index in [1.165, 1.54) is 12.1 Å². The molecule has 0 saturated carbocycles. The van der Waals surface area contributed by atoms with Crippen LogP contribution in [0, 0.1) is 21.4 Å². The van der Waals surface area contributed by atoms with Crippen LogP contribution in [0.15, 0.2) is 17.2 Å². The molecule has 0 atom stereocenters. The number of nitro groups is 1. The van der Waals surface area contributed by atoms with Crippen LogP contribution in [-0.2, 0) is 9.53 Å². The molecule has 1 heterocycles. The summed E-state index contributed by atoms with van der Waals surface area (Å²) in [6.45, 7) is 2.24. The number of nitrogens with zero attached hydrogens (tertiary/aromatic N) is 3. The number of hydrogen-bond donors (Lipinski definition) is 1. The maximum atomic E-state index is 11.5. The van der Waals surface area contributed by atoms with E-state index in [1.54, 1.807) is 13.0 Å². The van der Waals surface area contributed by atoms with E-state index in [9.17, 15) is 14.9 Å². The van der Waals surface area contributed by atoms with Crippen LogP contribution in [0.2, 0.25) is 0 Å². The van der Waals surface area contributed by atoms with E-state index in [0.29, 0.717) is 12.4 Å². The van der Waals surface area contributed by atoms with Crippen LogP contribution in [0.3, 0.4) is 0 Å². The number of anilines is 1. The van der Waals surface area contributed by atoms with Crippen LogP contribution < -0.4 is 14.9 Å². The average molecular weight is 320 g/mol. The van der Waals surface area contributed by atoms with Crippen molar-refractivity contribution < 1.29 is 23.9 Å². The highest BCUT2D eigenvalue weighted by atomic mass is 16.6. The topological polar surface area (TPSA) is 136 Å². The van der Waals surface area contributed by atoms with E-state index in [0.717, 1.165) is 0 Å². The predicted molar refractivity (Wildman–Crippen MR) is 77.4 cm³/mol. The normalized spacial score (nSPS) is 13.0. The van der Waals surface area contributed by atoms with Crippen molar-refractivity contribution in [3.8, 4) is 17.6 Å². The molecule has 0 radical (unpaired) electrons. The molecule has 0 aliphatic carbocycles. The number of rotatable bonds is 5. The van der Waals surface area contributed by atoms with Crippen LogP contribution in [0.4, 0.5) is 11.4 Å². The lowest BCUT2D eigenvalue weighted by atomic mass is 10.2. The molecule has 0 unspecified atom stereocenters. The fourth-order valence-electron chi connectivity index (χ4n) is 1.75. The molecule has 1 aromatic rings. The van der Waals surface area contributed by atoms with Gasteiger partial charge in [-0.25, -0.2) is 4.79 Å². The van der Waals surface area contributed by atoms with E-state index in [-0.39, 0.29) is 30.3 Å². The summed E-state index contributed by atoms with van der Waals surface area (Å²) in [4.78, 5) is 21.9. The number of fused-ring (bicyclic) bond motifs is 1. The second-order valence-corrected chi connectivity index (χ2v) is 4.17. The quantitative estimate of drug-likeness (QED) is 0.370. The Morgan fingerprint density at radius 1 is 1.48 bits per heavy atom. The predicted octanol–water partition coefficient (Wildman–Crippen LogP) is 1.22. The first-order chi connectivity index (χ1) is 11.1. The Morgan fingerprint density at radius 2 is 2.13 bits per heavy atom. The van der Waals surface area contributed by atoms with Gasteiger partial charge in [-0.1, -0.05) is 0 Å². The molecule has 0 bridgehead atoms.